The number of piperazine rings is 1. The summed E-state index contributed by atoms with van der Waals surface area (Å²) >= 11 is 5.26. The second-order valence-electron chi connectivity index (χ2n) is 5.57. The van der Waals surface area contributed by atoms with Crippen molar-refractivity contribution >= 4 is 27.4 Å². The van der Waals surface area contributed by atoms with Crippen molar-refractivity contribution in [3.63, 3.8) is 0 Å². The summed E-state index contributed by atoms with van der Waals surface area (Å²) in [6.07, 6.45) is 0. The van der Waals surface area contributed by atoms with Crippen molar-refractivity contribution in [3.05, 3.63) is 29.8 Å². The number of hydrogen-bond acceptors (Lipinski definition) is 3. The molecule has 1 aliphatic rings. The molecule has 1 aliphatic heterocycles. The minimum absolute atomic E-state index is 0.192. The van der Waals surface area contributed by atoms with Crippen LogP contribution in [0.3, 0.4) is 0 Å². The number of halogens is 2. The van der Waals surface area contributed by atoms with Gasteiger partial charge in [0, 0.05) is 38.3 Å². The predicted molar refractivity (Wildman–Crippen MR) is 87.6 cm³/mol. The zero-order valence-corrected chi connectivity index (χ0v) is 14.6. The molecule has 9 heteroatoms. The molecule has 1 N–H and O–H groups in total. The number of thiocarbonyl (C=S) groups is 1. The summed E-state index contributed by atoms with van der Waals surface area (Å²) in [7, 11) is -3.98. The summed E-state index contributed by atoms with van der Waals surface area (Å²) in [5.74, 6) is -1.89. The van der Waals surface area contributed by atoms with Crippen LogP contribution in [0.5, 0.6) is 0 Å². The van der Waals surface area contributed by atoms with E-state index < -0.39 is 26.6 Å². The van der Waals surface area contributed by atoms with Gasteiger partial charge >= 0.3 is 0 Å². The summed E-state index contributed by atoms with van der Waals surface area (Å²) in [5.41, 5.74) is 0. The van der Waals surface area contributed by atoms with Crippen LogP contribution >= 0.6 is 12.2 Å². The van der Waals surface area contributed by atoms with Crippen LogP contribution in [0.25, 0.3) is 0 Å². The fraction of sp³-hybridized carbons (Fsp3) is 0.500. The first-order valence-corrected chi connectivity index (χ1v) is 9.07. The molecular formula is C14H19F2N3O2S2. The van der Waals surface area contributed by atoms with E-state index >= 15 is 0 Å². The molecule has 0 aliphatic carbocycles. The quantitative estimate of drug-likeness (QED) is 0.826. The van der Waals surface area contributed by atoms with Crippen LogP contribution in [0.1, 0.15) is 13.8 Å². The molecule has 0 amide bonds. The molecule has 1 fully saturated rings. The van der Waals surface area contributed by atoms with Gasteiger partial charge in [0.2, 0.25) is 10.0 Å². The van der Waals surface area contributed by atoms with Gasteiger partial charge in [-0.3, -0.25) is 0 Å². The van der Waals surface area contributed by atoms with Gasteiger partial charge in [0.05, 0.1) is 0 Å². The largest absolute Gasteiger partial charge is 0.360 e. The Morgan fingerprint density at radius 2 is 1.83 bits per heavy atom. The molecule has 0 spiro atoms. The van der Waals surface area contributed by atoms with Gasteiger partial charge in [0.25, 0.3) is 0 Å². The fourth-order valence-corrected chi connectivity index (χ4v) is 4.18. The smallest absolute Gasteiger partial charge is 0.246 e. The highest BCUT2D eigenvalue weighted by Gasteiger charge is 2.31. The third-order valence-electron chi connectivity index (χ3n) is 3.45. The lowest BCUT2D eigenvalue weighted by Crippen LogP contribution is -2.53. The third-order valence-corrected chi connectivity index (χ3v) is 5.76. The molecule has 0 radical (unpaired) electrons. The number of benzene rings is 1. The maximum absolute atomic E-state index is 13.8. The molecule has 0 saturated carbocycles. The molecule has 2 rings (SSSR count). The van der Waals surface area contributed by atoms with E-state index in [0.29, 0.717) is 24.3 Å². The Morgan fingerprint density at radius 1 is 1.22 bits per heavy atom. The second-order valence-corrected chi connectivity index (χ2v) is 7.86. The molecule has 0 bridgehead atoms. The van der Waals surface area contributed by atoms with Gasteiger partial charge in [-0.2, -0.15) is 4.31 Å². The highest BCUT2D eigenvalue weighted by Crippen LogP contribution is 2.21. The van der Waals surface area contributed by atoms with E-state index in [0.717, 1.165) is 12.1 Å². The van der Waals surface area contributed by atoms with Crippen LogP contribution in [0.4, 0.5) is 8.78 Å². The van der Waals surface area contributed by atoms with Crippen molar-refractivity contribution in [2.75, 3.05) is 26.2 Å². The molecule has 1 aromatic carbocycles. The minimum Gasteiger partial charge on any atom is -0.360 e. The average Bonchev–Trinajstić information content (AvgIpc) is 2.46. The molecule has 23 heavy (non-hydrogen) atoms. The zero-order valence-electron chi connectivity index (χ0n) is 12.9. The van der Waals surface area contributed by atoms with Crippen molar-refractivity contribution in [2.45, 2.75) is 24.8 Å². The van der Waals surface area contributed by atoms with E-state index in [4.69, 9.17) is 12.2 Å². The summed E-state index contributed by atoms with van der Waals surface area (Å²) in [6, 6.07) is 2.66. The van der Waals surface area contributed by atoms with E-state index in [2.05, 4.69) is 5.32 Å². The van der Waals surface area contributed by atoms with E-state index in [9.17, 15) is 17.2 Å². The lowest BCUT2D eigenvalue weighted by atomic mass is 10.3. The van der Waals surface area contributed by atoms with Crippen molar-refractivity contribution in [3.8, 4) is 0 Å². The summed E-state index contributed by atoms with van der Waals surface area (Å²) in [4.78, 5) is 1.37. The van der Waals surface area contributed by atoms with Crippen molar-refractivity contribution < 1.29 is 17.2 Å². The minimum atomic E-state index is -3.98. The van der Waals surface area contributed by atoms with Crippen LogP contribution in [0, 0.1) is 11.6 Å². The van der Waals surface area contributed by atoms with E-state index in [1.165, 1.54) is 4.31 Å². The Bertz CT molecular complexity index is 687. The van der Waals surface area contributed by atoms with Crippen molar-refractivity contribution in [1.29, 1.82) is 0 Å². The molecule has 128 valence electrons. The molecule has 0 unspecified atom stereocenters. The highest BCUT2D eigenvalue weighted by atomic mass is 32.2. The maximum atomic E-state index is 13.8. The zero-order chi connectivity index (χ0) is 17.2. The molecular weight excluding hydrogens is 344 g/mol. The molecule has 0 aromatic heterocycles. The van der Waals surface area contributed by atoms with Gasteiger partial charge in [-0.25, -0.2) is 17.2 Å². The van der Waals surface area contributed by atoms with Crippen LogP contribution < -0.4 is 5.32 Å². The van der Waals surface area contributed by atoms with Crippen LogP contribution in [0.15, 0.2) is 23.1 Å². The van der Waals surface area contributed by atoms with Crippen LogP contribution in [-0.4, -0.2) is 55.0 Å². The Morgan fingerprint density at radius 3 is 2.35 bits per heavy atom. The highest BCUT2D eigenvalue weighted by molar-refractivity contribution is 7.89. The average molecular weight is 363 g/mol. The molecule has 1 aromatic rings. The number of sulfonamides is 1. The van der Waals surface area contributed by atoms with Gasteiger partial charge in [-0.05, 0) is 38.2 Å². The number of hydrogen-bond donors (Lipinski definition) is 1. The molecule has 1 heterocycles. The van der Waals surface area contributed by atoms with Crippen molar-refractivity contribution in [2.24, 2.45) is 0 Å². The SMILES string of the molecule is CC(C)NC(=S)N1CCN(S(=O)(=O)c2ccc(F)cc2F)CC1. The third kappa shape index (κ3) is 4.15. The Kier molecular flexibility index (Phi) is 5.53. The lowest BCUT2D eigenvalue weighted by Gasteiger charge is -2.36. The molecule has 0 atom stereocenters. The number of nitrogens with one attached hydrogen (secondary N) is 1. The molecule has 5 nitrogen and oxygen atoms in total. The van der Waals surface area contributed by atoms with Gasteiger partial charge in [0.1, 0.15) is 16.5 Å². The normalized spacial score (nSPS) is 16.7. The number of rotatable bonds is 3. The standard InChI is InChI=1S/C14H19F2N3O2S2/c1-10(2)17-14(22)18-5-7-19(8-6-18)23(20,21)13-4-3-11(15)9-12(13)16/h3-4,9-10H,5-8H2,1-2H3,(H,17,22). The van der Waals surface area contributed by atoms with Gasteiger partial charge in [0.15, 0.2) is 5.11 Å². The summed E-state index contributed by atoms with van der Waals surface area (Å²) in [5, 5.41) is 3.67. The summed E-state index contributed by atoms with van der Waals surface area (Å²) < 4.78 is 52.8. The fourth-order valence-electron chi connectivity index (χ4n) is 2.29. The maximum Gasteiger partial charge on any atom is 0.246 e. The Balaban J connectivity index is 2.08. The predicted octanol–water partition coefficient (Wildman–Crippen LogP) is 1.55. The Labute approximate surface area is 140 Å². The first-order valence-electron chi connectivity index (χ1n) is 7.22. The van der Waals surface area contributed by atoms with Crippen molar-refractivity contribution in [1.82, 2.24) is 14.5 Å². The molecule has 1 saturated heterocycles. The monoisotopic (exact) mass is 363 g/mol. The second kappa shape index (κ2) is 7.06. The van der Waals surface area contributed by atoms with Crippen LogP contribution in [0.2, 0.25) is 0 Å². The van der Waals surface area contributed by atoms with E-state index in [1.807, 2.05) is 18.7 Å². The first-order chi connectivity index (χ1) is 10.7. The van der Waals surface area contributed by atoms with Crippen LogP contribution in [-0.2, 0) is 10.0 Å². The topological polar surface area (TPSA) is 52.6 Å². The number of nitrogens with zero attached hydrogens (tertiary/aromatic N) is 2. The Hall–Kier alpha value is -1.32. The van der Waals surface area contributed by atoms with Gasteiger partial charge in [-0.15, -0.1) is 0 Å². The van der Waals surface area contributed by atoms with Gasteiger partial charge in [-0.1, -0.05) is 0 Å². The lowest BCUT2D eigenvalue weighted by molar-refractivity contribution is 0.262. The first kappa shape index (κ1) is 18.0. The van der Waals surface area contributed by atoms with E-state index in [-0.39, 0.29) is 19.1 Å². The van der Waals surface area contributed by atoms with E-state index in [1.54, 1.807) is 0 Å². The van der Waals surface area contributed by atoms with Gasteiger partial charge < -0.3 is 10.2 Å². The summed E-state index contributed by atoms with van der Waals surface area (Å²) in [6.45, 7) is 5.15.